The molecule has 218 valence electrons. The zero-order valence-electron chi connectivity index (χ0n) is 22.4. The summed E-state index contributed by atoms with van der Waals surface area (Å²) in [4.78, 5) is 35.3. The molecule has 0 spiro atoms. The Labute approximate surface area is 239 Å². The molecule has 13 heteroatoms. The molecule has 1 aromatic heterocycles. The molecule has 0 bridgehead atoms. The Bertz CT molecular complexity index is 1430. The van der Waals surface area contributed by atoms with Gasteiger partial charge in [0.25, 0.3) is 11.8 Å². The molecular weight excluding hydrogens is 565 g/mol. The van der Waals surface area contributed by atoms with E-state index in [0.717, 1.165) is 24.1 Å². The van der Waals surface area contributed by atoms with Crippen molar-refractivity contribution < 1.29 is 37.0 Å². The number of halogens is 4. The summed E-state index contributed by atoms with van der Waals surface area (Å²) in [7, 11) is 1.56. The Balaban J connectivity index is 1.63. The summed E-state index contributed by atoms with van der Waals surface area (Å²) in [6.07, 6.45) is -3.38. The lowest BCUT2D eigenvalue weighted by molar-refractivity contribution is -0.274. The number of benzene rings is 2. The summed E-state index contributed by atoms with van der Waals surface area (Å²) in [5, 5.41) is 0.522. The van der Waals surface area contributed by atoms with Crippen LogP contribution in [0.25, 0.3) is 0 Å². The average Bonchev–Trinajstić information content (AvgIpc) is 3.49. The van der Waals surface area contributed by atoms with E-state index in [1.807, 2.05) is 6.92 Å². The molecule has 0 aliphatic carbocycles. The summed E-state index contributed by atoms with van der Waals surface area (Å²) in [5.41, 5.74) is 0.895. The number of rotatable bonds is 9. The summed E-state index contributed by atoms with van der Waals surface area (Å²) < 4.78 is 55.7. The number of carbonyl (C=O) groups excluding carboxylic acids is 2. The van der Waals surface area contributed by atoms with Crippen molar-refractivity contribution in [3.63, 3.8) is 0 Å². The van der Waals surface area contributed by atoms with Crippen molar-refractivity contribution in [1.82, 2.24) is 14.5 Å². The third kappa shape index (κ3) is 6.13. The lowest BCUT2D eigenvalue weighted by atomic mass is 10.1. The van der Waals surface area contributed by atoms with Crippen molar-refractivity contribution in [2.45, 2.75) is 51.2 Å². The monoisotopic (exact) mass is 592 g/mol. The predicted octanol–water partition coefficient (Wildman–Crippen LogP) is 5.65. The summed E-state index contributed by atoms with van der Waals surface area (Å²) in [5.74, 6) is -1.05. The lowest BCUT2D eigenvalue weighted by Crippen LogP contribution is -2.46. The summed E-state index contributed by atoms with van der Waals surface area (Å²) in [6, 6.07) is 11.3. The fourth-order valence-corrected chi connectivity index (χ4v) is 5.17. The molecule has 1 fully saturated rings. The first-order valence-electron chi connectivity index (χ1n) is 13.1. The smallest absolute Gasteiger partial charge is 0.425 e. The van der Waals surface area contributed by atoms with E-state index in [9.17, 15) is 22.8 Å². The van der Waals surface area contributed by atoms with Crippen molar-refractivity contribution >= 4 is 29.2 Å². The van der Waals surface area contributed by atoms with Gasteiger partial charge in [-0.05, 0) is 36.2 Å². The van der Waals surface area contributed by atoms with Gasteiger partial charge in [0.15, 0.2) is 11.5 Å². The molecule has 3 aromatic rings. The molecule has 3 heterocycles. The first-order chi connectivity index (χ1) is 19.6. The third-order valence-electron chi connectivity index (χ3n) is 7.02. The normalized spacial score (nSPS) is 18.8. The van der Waals surface area contributed by atoms with Gasteiger partial charge < -0.3 is 19.1 Å². The van der Waals surface area contributed by atoms with Crippen LogP contribution >= 0.6 is 11.6 Å². The fraction of sp³-hybridized carbons (Fsp3) is 0.393. The number of hydrogen-bond acceptors (Lipinski definition) is 7. The second-order valence-electron chi connectivity index (χ2n) is 9.81. The molecule has 2 aliphatic heterocycles. The number of aromatic nitrogens is 2. The minimum absolute atomic E-state index is 0.0170. The Morgan fingerprint density at radius 2 is 1.83 bits per heavy atom. The summed E-state index contributed by atoms with van der Waals surface area (Å²) in [6.45, 7) is 2.63. The molecular formula is C28H28ClF3N4O5. The number of methoxy groups -OCH3 is 1. The molecule has 2 aromatic carbocycles. The SMILES string of the molecule is CCCCN1C(=O)c2c(nc(Oc3cccc(OC(F)(F)F)c3)n2Cc2ccc(Cl)cc2)N2CC(OC)CC2C1=O. The number of carbonyl (C=O) groups is 2. The first kappa shape index (κ1) is 28.7. The van der Waals surface area contributed by atoms with Crippen molar-refractivity contribution in [2.24, 2.45) is 0 Å². The van der Waals surface area contributed by atoms with Crippen LogP contribution in [-0.4, -0.2) is 65.0 Å². The van der Waals surface area contributed by atoms with Crippen LogP contribution in [0.3, 0.4) is 0 Å². The average molecular weight is 593 g/mol. The van der Waals surface area contributed by atoms with Gasteiger partial charge in [-0.1, -0.05) is 43.1 Å². The zero-order valence-corrected chi connectivity index (χ0v) is 23.1. The molecule has 5 rings (SSSR count). The van der Waals surface area contributed by atoms with Gasteiger partial charge in [0, 0.05) is 37.7 Å². The van der Waals surface area contributed by atoms with E-state index in [4.69, 9.17) is 21.1 Å². The highest BCUT2D eigenvalue weighted by atomic mass is 35.5. The Morgan fingerprint density at radius 1 is 1.10 bits per heavy atom. The molecule has 2 amide bonds. The van der Waals surface area contributed by atoms with E-state index in [1.54, 1.807) is 36.3 Å². The molecule has 2 unspecified atom stereocenters. The van der Waals surface area contributed by atoms with Gasteiger partial charge in [-0.3, -0.25) is 19.1 Å². The zero-order chi connectivity index (χ0) is 29.3. The van der Waals surface area contributed by atoms with E-state index in [-0.39, 0.29) is 48.4 Å². The van der Waals surface area contributed by atoms with Gasteiger partial charge in [-0.15, -0.1) is 13.2 Å². The number of imidazole rings is 1. The molecule has 1 saturated heterocycles. The van der Waals surface area contributed by atoms with Gasteiger partial charge in [-0.25, -0.2) is 0 Å². The highest BCUT2D eigenvalue weighted by Gasteiger charge is 2.48. The van der Waals surface area contributed by atoms with Crippen molar-refractivity contribution in [2.75, 3.05) is 25.1 Å². The molecule has 0 saturated carbocycles. The Hall–Kier alpha value is -3.77. The van der Waals surface area contributed by atoms with E-state index in [1.165, 1.54) is 21.6 Å². The van der Waals surface area contributed by atoms with Gasteiger partial charge in [-0.2, -0.15) is 4.98 Å². The van der Waals surface area contributed by atoms with Crippen LogP contribution in [0.4, 0.5) is 19.0 Å². The molecule has 0 radical (unpaired) electrons. The molecule has 2 atom stereocenters. The van der Waals surface area contributed by atoms with E-state index in [0.29, 0.717) is 24.4 Å². The van der Waals surface area contributed by atoms with E-state index >= 15 is 0 Å². The molecule has 9 nitrogen and oxygen atoms in total. The molecule has 0 N–H and O–H groups in total. The minimum atomic E-state index is -4.88. The number of hydrogen-bond donors (Lipinski definition) is 0. The van der Waals surface area contributed by atoms with Crippen molar-refractivity contribution in [1.29, 1.82) is 0 Å². The minimum Gasteiger partial charge on any atom is -0.425 e. The number of amides is 2. The first-order valence-corrected chi connectivity index (χ1v) is 13.5. The van der Waals surface area contributed by atoms with Crippen LogP contribution in [-0.2, 0) is 16.1 Å². The number of imide groups is 1. The number of alkyl halides is 3. The standard InChI is InChI=1S/C28H28ClF3N4O5/c1-3-4-12-34-25(37)22-14-21(39-2)16-35(22)24-23(26(34)38)36(15-17-8-10-18(29)11-9-17)27(33-24)40-19-6-5-7-20(13-19)41-28(30,31)32/h5-11,13,21-22H,3-4,12,14-16H2,1-2H3. The number of fused-ring (bicyclic) bond motifs is 3. The second kappa shape index (κ2) is 11.6. The maximum atomic E-state index is 14.0. The Morgan fingerprint density at radius 3 is 2.51 bits per heavy atom. The van der Waals surface area contributed by atoms with Crippen LogP contribution in [0.1, 0.15) is 42.2 Å². The van der Waals surface area contributed by atoms with Gasteiger partial charge >= 0.3 is 12.4 Å². The van der Waals surface area contributed by atoms with Crippen LogP contribution in [0, 0.1) is 0 Å². The molecule has 41 heavy (non-hydrogen) atoms. The topological polar surface area (TPSA) is 86.1 Å². The fourth-order valence-electron chi connectivity index (χ4n) is 5.04. The number of anilines is 1. The summed E-state index contributed by atoms with van der Waals surface area (Å²) >= 11 is 6.07. The van der Waals surface area contributed by atoms with Crippen LogP contribution in [0.2, 0.25) is 5.02 Å². The van der Waals surface area contributed by atoms with Crippen LogP contribution in [0.5, 0.6) is 17.5 Å². The lowest BCUT2D eigenvalue weighted by Gasteiger charge is -2.24. The highest BCUT2D eigenvalue weighted by molar-refractivity contribution is 6.30. The van der Waals surface area contributed by atoms with Crippen LogP contribution in [0.15, 0.2) is 48.5 Å². The number of unbranched alkanes of at least 4 members (excludes halogenated alkanes) is 1. The molecule has 2 aliphatic rings. The van der Waals surface area contributed by atoms with E-state index < -0.39 is 24.1 Å². The number of nitrogens with zero attached hydrogens (tertiary/aromatic N) is 4. The maximum Gasteiger partial charge on any atom is 0.573 e. The Kier molecular flexibility index (Phi) is 8.14. The maximum absolute atomic E-state index is 14.0. The largest absolute Gasteiger partial charge is 0.573 e. The second-order valence-corrected chi connectivity index (χ2v) is 10.3. The van der Waals surface area contributed by atoms with Gasteiger partial charge in [0.1, 0.15) is 17.5 Å². The predicted molar refractivity (Wildman–Crippen MR) is 143 cm³/mol. The third-order valence-corrected chi connectivity index (χ3v) is 7.27. The van der Waals surface area contributed by atoms with E-state index in [2.05, 4.69) is 9.72 Å². The highest BCUT2D eigenvalue weighted by Crippen LogP contribution is 2.39. The van der Waals surface area contributed by atoms with Crippen molar-refractivity contribution in [3.8, 4) is 17.5 Å². The van der Waals surface area contributed by atoms with Crippen LogP contribution < -0.4 is 14.4 Å². The van der Waals surface area contributed by atoms with Gasteiger partial charge in [0.05, 0.1) is 12.6 Å². The van der Waals surface area contributed by atoms with Gasteiger partial charge in [0.2, 0.25) is 0 Å². The van der Waals surface area contributed by atoms with Crippen molar-refractivity contribution in [3.05, 3.63) is 64.8 Å². The number of ether oxygens (including phenoxy) is 3. The quantitative estimate of drug-likeness (QED) is 0.297.